The fourth-order valence-corrected chi connectivity index (χ4v) is 2.79. The fourth-order valence-electron chi connectivity index (χ4n) is 2.32. The maximum Gasteiger partial charge on any atom is 0.326 e. The highest BCUT2D eigenvalue weighted by atomic mass is 32.2. The highest BCUT2D eigenvalue weighted by molar-refractivity contribution is 7.98. The average Bonchev–Trinajstić information content (AvgIpc) is 2.65. The summed E-state index contributed by atoms with van der Waals surface area (Å²) in [5, 5.41) is 14.4. The maximum absolute atomic E-state index is 12.6. The molecule has 11 heteroatoms. The Labute approximate surface area is 170 Å². The highest BCUT2D eigenvalue weighted by Crippen LogP contribution is 2.08. The van der Waals surface area contributed by atoms with E-state index in [1.54, 1.807) is 0 Å². The molecule has 10 nitrogen and oxygen atoms in total. The van der Waals surface area contributed by atoms with Crippen LogP contribution in [0, 0.1) is 5.92 Å². The van der Waals surface area contributed by atoms with Gasteiger partial charge in [0.25, 0.3) is 0 Å². The van der Waals surface area contributed by atoms with Gasteiger partial charge >= 0.3 is 5.97 Å². The molecule has 0 radical (unpaired) electrons. The largest absolute Gasteiger partial charge is 0.480 e. The van der Waals surface area contributed by atoms with Crippen LogP contribution in [-0.4, -0.2) is 65.5 Å². The summed E-state index contributed by atoms with van der Waals surface area (Å²) >= 11 is 1.48. The first kappa shape index (κ1) is 26.0. The first-order valence-electron chi connectivity index (χ1n) is 9.27. The number of nitrogens with one attached hydrogen (secondary N) is 2. The number of aliphatic carboxylic acids is 1. The fraction of sp³-hybridized carbons (Fsp3) is 0.765. The summed E-state index contributed by atoms with van der Waals surface area (Å²) in [6.07, 6.45) is 3.52. The van der Waals surface area contributed by atoms with Gasteiger partial charge in [-0.2, -0.15) is 11.8 Å². The van der Waals surface area contributed by atoms with Crippen molar-refractivity contribution in [3.05, 3.63) is 0 Å². The van der Waals surface area contributed by atoms with Crippen LogP contribution < -0.4 is 27.8 Å². The van der Waals surface area contributed by atoms with Crippen molar-refractivity contribution in [2.75, 3.05) is 18.6 Å². The van der Waals surface area contributed by atoms with Gasteiger partial charge in [-0.05, 0) is 37.2 Å². The maximum atomic E-state index is 12.6. The lowest BCUT2D eigenvalue weighted by molar-refractivity contribution is -0.142. The number of carboxylic acids is 1. The van der Waals surface area contributed by atoms with Crippen molar-refractivity contribution in [3.8, 4) is 0 Å². The second-order valence-electron chi connectivity index (χ2n) is 6.60. The van der Waals surface area contributed by atoms with Crippen molar-refractivity contribution in [2.45, 2.75) is 57.7 Å². The van der Waals surface area contributed by atoms with Crippen LogP contribution >= 0.6 is 11.8 Å². The molecule has 4 atom stereocenters. The lowest BCUT2D eigenvalue weighted by Crippen LogP contribution is -2.55. The molecule has 0 fully saturated rings. The molecular weight excluding hydrogens is 384 g/mol. The Morgan fingerprint density at radius 3 is 2.21 bits per heavy atom. The number of thioether (sulfide) groups is 1. The molecule has 0 aromatic rings. The molecule has 0 aliphatic heterocycles. The SMILES string of the molecule is CC[C@H](C)[C@H](N)C(=O)N[C@@H](CCCN=C(N)N)C(=O)N[C@@H](CCSC)C(=O)O. The first-order chi connectivity index (χ1) is 13.1. The number of carboxylic acid groups (broad SMARTS) is 1. The van der Waals surface area contributed by atoms with Crippen LogP contribution in [0.1, 0.15) is 39.5 Å². The van der Waals surface area contributed by atoms with Crippen LogP contribution in [0.15, 0.2) is 4.99 Å². The quantitative estimate of drug-likeness (QED) is 0.120. The molecule has 162 valence electrons. The molecule has 0 aromatic heterocycles. The van der Waals surface area contributed by atoms with Gasteiger partial charge in [0.1, 0.15) is 12.1 Å². The number of rotatable bonds is 14. The molecule has 0 unspecified atom stereocenters. The smallest absolute Gasteiger partial charge is 0.326 e. The van der Waals surface area contributed by atoms with Gasteiger partial charge in [-0.3, -0.25) is 14.6 Å². The predicted octanol–water partition coefficient (Wildman–Crippen LogP) is -0.779. The van der Waals surface area contributed by atoms with Crippen molar-refractivity contribution >= 4 is 35.5 Å². The molecule has 0 spiro atoms. The second kappa shape index (κ2) is 14.1. The topological polar surface area (TPSA) is 186 Å². The molecular formula is C17H34N6O4S. The predicted molar refractivity (Wildman–Crippen MR) is 112 cm³/mol. The molecule has 0 aliphatic rings. The van der Waals surface area contributed by atoms with E-state index >= 15 is 0 Å². The zero-order valence-electron chi connectivity index (χ0n) is 16.8. The number of amides is 2. The normalized spacial score (nSPS) is 15.0. The summed E-state index contributed by atoms with van der Waals surface area (Å²) < 4.78 is 0. The third-order valence-corrected chi connectivity index (χ3v) is 5.01. The minimum absolute atomic E-state index is 0.0568. The Bertz CT molecular complexity index is 542. The van der Waals surface area contributed by atoms with Crippen molar-refractivity contribution in [2.24, 2.45) is 28.1 Å². The van der Waals surface area contributed by atoms with Gasteiger partial charge in [0.15, 0.2) is 5.96 Å². The van der Waals surface area contributed by atoms with Crippen molar-refractivity contribution in [3.63, 3.8) is 0 Å². The van der Waals surface area contributed by atoms with Crippen LogP contribution in [0.5, 0.6) is 0 Å². The van der Waals surface area contributed by atoms with Crippen LogP contribution in [0.2, 0.25) is 0 Å². The van der Waals surface area contributed by atoms with E-state index in [9.17, 15) is 19.5 Å². The van der Waals surface area contributed by atoms with Gasteiger partial charge in [-0.25, -0.2) is 4.79 Å². The van der Waals surface area contributed by atoms with E-state index in [2.05, 4.69) is 15.6 Å². The van der Waals surface area contributed by atoms with E-state index in [0.29, 0.717) is 18.6 Å². The molecule has 0 aromatic carbocycles. The van der Waals surface area contributed by atoms with E-state index in [4.69, 9.17) is 17.2 Å². The molecule has 2 amide bonds. The van der Waals surface area contributed by atoms with Crippen LogP contribution in [0.4, 0.5) is 0 Å². The van der Waals surface area contributed by atoms with Crippen LogP contribution in [0.3, 0.4) is 0 Å². The summed E-state index contributed by atoms with van der Waals surface area (Å²) in [6, 6.07) is -2.71. The summed E-state index contributed by atoms with van der Waals surface area (Å²) in [4.78, 5) is 40.2. The van der Waals surface area contributed by atoms with Crippen LogP contribution in [-0.2, 0) is 14.4 Å². The zero-order valence-corrected chi connectivity index (χ0v) is 17.6. The van der Waals surface area contributed by atoms with E-state index in [0.717, 1.165) is 0 Å². The number of nitrogens with two attached hydrogens (primary N) is 3. The van der Waals surface area contributed by atoms with E-state index in [1.807, 2.05) is 20.1 Å². The Balaban J connectivity index is 5.12. The Morgan fingerprint density at radius 2 is 1.71 bits per heavy atom. The van der Waals surface area contributed by atoms with Crippen molar-refractivity contribution in [1.29, 1.82) is 0 Å². The molecule has 0 saturated heterocycles. The number of hydrogen-bond acceptors (Lipinski definition) is 6. The first-order valence-corrected chi connectivity index (χ1v) is 10.7. The van der Waals surface area contributed by atoms with E-state index in [1.165, 1.54) is 11.8 Å². The number of hydrogen-bond donors (Lipinski definition) is 6. The van der Waals surface area contributed by atoms with Gasteiger partial charge in [0.2, 0.25) is 11.8 Å². The Kier molecular flexibility index (Phi) is 13.0. The third kappa shape index (κ3) is 10.4. The molecule has 0 saturated carbocycles. The monoisotopic (exact) mass is 418 g/mol. The lowest BCUT2D eigenvalue weighted by Gasteiger charge is -2.24. The average molecular weight is 419 g/mol. The molecule has 0 heterocycles. The standard InChI is InChI=1S/C17H34N6O4S/c1-4-10(2)13(18)15(25)22-11(6-5-8-21-17(19)20)14(24)23-12(16(26)27)7-9-28-3/h10-13H,4-9,18H2,1-3H3,(H,22,25)(H,23,24)(H,26,27)(H4,19,20,21)/t10-,11-,12-,13-/m0/s1. The summed E-state index contributed by atoms with van der Waals surface area (Å²) in [6.45, 7) is 4.05. The van der Waals surface area contributed by atoms with Crippen LogP contribution in [0.25, 0.3) is 0 Å². The summed E-state index contributed by atoms with van der Waals surface area (Å²) in [7, 11) is 0. The second-order valence-corrected chi connectivity index (χ2v) is 7.59. The van der Waals surface area contributed by atoms with Gasteiger partial charge in [-0.15, -0.1) is 0 Å². The minimum Gasteiger partial charge on any atom is -0.480 e. The zero-order chi connectivity index (χ0) is 21.7. The lowest BCUT2D eigenvalue weighted by atomic mass is 9.98. The molecule has 0 aliphatic carbocycles. The Morgan fingerprint density at radius 1 is 1.11 bits per heavy atom. The van der Waals surface area contributed by atoms with E-state index < -0.39 is 35.9 Å². The van der Waals surface area contributed by atoms with Gasteiger partial charge in [0, 0.05) is 6.54 Å². The minimum atomic E-state index is -1.12. The Hall–Kier alpha value is -2.01. The van der Waals surface area contributed by atoms with Gasteiger partial charge in [-0.1, -0.05) is 20.3 Å². The number of aliphatic imine (C=N–C) groups is 1. The van der Waals surface area contributed by atoms with Crippen molar-refractivity contribution < 1.29 is 19.5 Å². The van der Waals surface area contributed by atoms with Gasteiger partial charge in [0.05, 0.1) is 6.04 Å². The number of carbonyl (C=O) groups excluding carboxylic acids is 2. The number of nitrogens with zero attached hydrogens (tertiary/aromatic N) is 1. The number of carbonyl (C=O) groups is 3. The van der Waals surface area contributed by atoms with Gasteiger partial charge < -0.3 is 32.9 Å². The third-order valence-electron chi connectivity index (χ3n) is 4.36. The molecule has 0 rings (SSSR count). The summed E-state index contributed by atoms with van der Waals surface area (Å²) in [5.41, 5.74) is 16.5. The molecule has 28 heavy (non-hydrogen) atoms. The molecule has 9 N–H and O–H groups in total. The molecule has 0 bridgehead atoms. The summed E-state index contributed by atoms with van der Waals surface area (Å²) in [5.74, 6) is -1.68. The van der Waals surface area contributed by atoms with E-state index in [-0.39, 0.29) is 31.3 Å². The number of guanidine groups is 1. The van der Waals surface area contributed by atoms with Crippen molar-refractivity contribution in [1.82, 2.24) is 10.6 Å². The highest BCUT2D eigenvalue weighted by Gasteiger charge is 2.28.